The summed E-state index contributed by atoms with van der Waals surface area (Å²) in [4.78, 5) is 30.9. The molecule has 2 aliphatic rings. The van der Waals surface area contributed by atoms with Crippen LogP contribution in [0.25, 0.3) is 0 Å². The second-order valence-corrected chi connectivity index (χ2v) is 7.25. The molecule has 1 unspecified atom stereocenters. The first-order valence-electron chi connectivity index (χ1n) is 8.86. The molecule has 2 aromatic rings. The van der Waals surface area contributed by atoms with E-state index in [-0.39, 0.29) is 12.2 Å². The predicted molar refractivity (Wildman–Crippen MR) is 94.4 cm³/mol. The van der Waals surface area contributed by atoms with Gasteiger partial charge in [-0.3, -0.25) is 19.3 Å². The van der Waals surface area contributed by atoms with Gasteiger partial charge in [0.1, 0.15) is 24.4 Å². The number of aromatic nitrogens is 3. The Morgan fingerprint density at radius 2 is 2.07 bits per heavy atom. The second-order valence-electron chi connectivity index (χ2n) is 7.25. The summed E-state index contributed by atoms with van der Waals surface area (Å²) in [7, 11) is 0. The van der Waals surface area contributed by atoms with Crippen molar-refractivity contribution in [1.29, 1.82) is 0 Å². The van der Waals surface area contributed by atoms with Gasteiger partial charge in [0.25, 0.3) is 5.56 Å². The molecule has 0 radical (unpaired) electrons. The molecule has 2 aromatic heterocycles. The van der Waals surface area contributed by atoms with Crippen molar-refractivity contribution in [2.45, 2.75) is 50.3 Å². The zero-order valence-corrected chi connectivity index (χ0v) is 15.3. The number of aromatic amines is 1. The normalized spacial score (nSPS) is 29.6. The van der Waals surface area contributed by atoms with Crippen molar-refractivity contribution < 1.29 is 24.4 Å². The van der Waals surface area contributed by atoms with E-state index in [0.29, 0.717) is 5.56 Å². The number of nitrogens with one attached hydrogen (secondary N) is 1. The van der Waals surface area contributed by atoms with Crippen LogP contribution < -0.4 is 11.2 Å². The summed E-state index contributed by atoms with van der Waals surface area (Å²) < 4.78 is 18.6. The third-order valence-electron chi connectivity index (χ3n) is 4.87. The molecule has 0 amide bonds. The number of fused-ring (bicyclic) bond motifs is 1. The van der Waals surface area contributed by atoms with Crippen LogP contribution >= 0.6 is 0 Å². The zero-order valence-electron chi connectivity index (χ0n) is 15.3. The number of nitrogens with zero attached hydrogens (tertiary/aromatic N) is 2. The minimum atomic E-state index is -1.28. The van der Waals surface area contributed by atoms with Crippen LogP contribution in [0.5, 0.6) is 0 Å². The molecule has 2 saturated heterocycles. The molecule has 2 fully saturated rings. The summed E-state index contributed by atoms with van der Waals surface area (Å²) in [6, 6.07) is 3.25. The zero-order chi connectivity index (χ0) is 20.1. The van der Waals surface area contributed by atoms with Gasteiger partial charge in [-0.25, -0.2) is 4.79 Å². The maximum absolute atomic E-state index is 12.5. The second kappa shape index (κ2) is 6.90. The van der Waals surface area contributed by atoms with Crippen LogP contribution in [0.3, 0.4) is 0 Å². The first-order chi connectivity index (χ1) is 13.3. The number of rotatable bonds is 4. The van der Waals surface area contributed by atoms with Crippen molar-refractivity contribution in [2.75, 3.05) is 6.61 Å². The number of ether oxygens (including phenoxy) is 3. The minimum Gasteiger partial charge on any atom is -0.394 e. The molecule has 3 N–H and O–H groups in total. The molecule has 10 nitrogen and oxygen atoms in total. The van der Waals surface area contributed by atoms with Crippen molar-refractivity contribution >= 4 is 0 Å². The Morgan fingerprint density at radius 1 is 1.32 bits per heavy atom. The fraction of sp³-hybridized carbons (Fsp3) is 0.500. The van der Waals surface area contributed by atoms with Crippen LogP contribution in [0, 0.1) is 0 Å². The topological polar surface area (TPSA) is 136 Å². The highest BCUT2D eigenvalue weighted by atomic mass is 16.8. The van der Waals surface area contributed by atoms with Crippen molar-refractivity contribution in [3.8, 4) is 0 Å². The number of H-pyrrole nitrogens is 1. The molecule has 28 heavy (non-hydrogen) atoms. The molecule has 0 saturated carbocycles. The Hall–Kier alpha value is -2.37. The van der Waals surface area contributed by atoms with Gasteiger partial charge in [0, 0.05) is 24.2 Å². The molecular formula is C18H21N3O7. The highest BCUT2D eigenvalue weighted by Gasteiger charge is 2.56. The van der Waals surface area contributed by atoms with E-state index in [9.17, 15) is 19.8 Å². The first kappa shape index (κ1) is 19.0. The number of aliphatic hydroxyl groups excluding tert-OH is 2. The van der Waals surface area contributed by atoms with Crippen molar-refractivity contribution in [1.82, 2.24) is 14.5 Å². The van der Waals surface area contributed by atoms with Crippen LogP contribution in [0.1, 0.15) is 37.3 Å². The molecule has 0 bridgehead atoms. The van der Waals surface area contributed by atoms with Crippen LogP contribution in [0.15, 0.2) is 40.3 Å². The summed E-state index contributed by atoms with van der Waals surface area (Å²) in [6.07, 6.45) is 0.0640. The van der Waals surface area contributed by atoms with E-state index >= 15 is 0 Å². The molecule has 2 aliphatic heterocycles. The lowest BCUT2D eigenvalue weighted by Crippen LogP contribution is -2.39. The number of hydrogen-bond acceptors (Lipinski definition) is 8. The van der Waals surface area contributed by atoms with Crippen LogP contribution in [0.2, 0.25) is 0 Å². The summed E-state index contributed by atoms with van der Waals surface area (Å²) >= 11 is 0. The van der Waals surface area contributed by atoms with Crippen molar-refractivity contribution in [2.24, 2.45) is 0 Å². The Bertz CT molecular complexity index is 971. The Labute approximate surface area is 159 Å². The van der Waals surface area contributed by atoms with E-state index in [1.54, 1.807) is 32.2 Å². The Balaban J connectivity index is 1.74. The Kier molecular flexibility index (Phi) is 4.68. The number of aliphatic hydroxyl groups is 2. The highest BCUT2D eigenvalue weighted by Crippen LogP contribution is 2.42. The molecule has 5 atom stereocenters. The molecule has 10 heteroatoms. The molecule has 0 aromatic carbocycles. The van der Waals surface area contributed by atoms with Crippen molar-refractivity contribution in [3.63, 3.8) is 0 Å². The van der Waals surface area contributed by atoms with E-state index in [1.165, 1.54) is 12.4 Å². The lowest BCUT2D eigenvalue weighted by molar-refractivity contribution is -0.200. The van der Waals surface area contributed by atoms with Gasteiger partial charge in [-0.2, -0.15) is 0 Å². The standard InChI is InChI=1S/C18H21N3O7/c1-18(2)27-13-11(8-22)26-16(14(13)28-18)21-7-10(15(24)20-17(21)25)12(23)9-4-3-5-19-6-9/h3-7,11-14,16,22-23H,8H2,1-2H3,(H,20,24,25)/t11-,12?,13-,14-,16-/m1/s1. The summed E-state index contributed by atoms with van der Waals surface area (Å²) in [5, 5.41) is 20.2. The fourth-order valence-corrected chi connectivity index (χ4v) is 3.63. The first-order valence-corrected chi connectivity index (χ1v) is 8.86. The van der Waals surface area contributed by atoms with E-state index in [4.69, 9.17) is 14.2 Å². The maximum atomic E-state index is 12.5. The van der Waals surface area contributed by atoms with E-state index in [1.807, 2.05) is 0 Å². The number of hydrogen-bond donors (Lipinski definition) is 3. The highest BCUT2D eigenvalue weighted by molar-refractivity contribution is 5.24. The third kappa shape index (κ3) is 3.19. The molecule has 0 aliphatic carbocycles. The van der Waals surface area contributed by atoms with E-state index < -0.39 is 47.7 Å². The van der Waals surface area contributed by atoms with Crippen LogP contribution in [0.4, 0.5) is 0 Å². The fourth-order valence-electron chi connectivity index (χ4n) is 3.63. The molecule has 4 heterocycles. The summed E-state index contributed by atoms with van der Waals surface area (Å²) in [5.74, 6) is -0.908. The average Bonchev–Trinajstić information content (AvgIpc) is 3.15. The molecule has 4 rings (SSSR count). The summed E-state index contributed by atoms with van der Waals surface area (Å²) in [5.41, 5.74) is -1.07. The van der Waals surface area contributed by atoms with E-state index in [0.717, 1.165) is 4.57 Å². The van der Waals surface area contributed by atoms with Gasteiger partial charge in [0.15, 0.2) is 12.0 Å². The molecular weight excluding hydrogens is 370 g/mol. The molecule has 150 valence electrons. The molecule has 0 spiro atoms. The Morgan fingerprint density at radius 3 is 2.75 bits per heavy atom. The lowest BCUT2D eigenvalue weighted by atomic mass is 10.1. The van der Waals surface area contributed by atoms with Crippen molar-refractivity contribution in [3.05, 3.63) is 62.7 Å². The van der Waals surface area contributed by atoms with Crippen LogP contribution in [-0.4, -0.2) is 55.5 Å². The van der Waals surface area contributed by atoms with Gasteiger partial charge in [0.05, 0.1) is 12.2 Å². The predicted octanol–water partition coefficient (Wildman–Crippen LogP) is -0.577. The van der Waals surface area contributed by atoms with Gasteiger partial charge >= 0.3 is 5.69 Å². The van der Waals surface area contributed by atoms with Crippen LogP contribution in [-0.2, 0) is 14.2 Å². The smallest absolute Gasteiger partial charge is 0.330 e. The average molecular weight is 391 g/mol. The SMILES string of the molecule is CC1(C)O[C@@H]2[C@H](O1)[C@@H](CO)O[C@H]2n1cc(C(O)c2cccnc2)c(=O)[nH]c1=O. The minimum absolute atomic E-state index is 0.0432. The monoisotopic (exact) mass is 391 g/mol. The number of pyridine rings is 1. The van der Waals surface area contributed by atoms with Gasteiger partial charge in [-0.15, -0.1) is 0 Å². The maximum Gasteiger partial charge on any atom is 0.330 e. The lowest BCUT2D eigenvalue weighted by Gasteiger charge is -2.24. The largest absolute Gasteiger partial charge is 0.394 e. The summed E-state index contributed by atoms with van der Waals surface area (Å²) in [6.45, 7) is 3.13. The van der Waals surface area contributed by atoms with Gasteiger partial charge in [-0.1, -0.05) is 6.07 Å². The van der Waals surface area contributed by atoms with Gasteiger partial charge in [-0.05, 0) is 19.9 Å². The third-order valence-corrected chi connectivity index (χ3v) is 4.87. The van der Waals surface area contributed by atoms with Gasteiger partial charge < -0.3 is 24.4 Å². The quantitative estimate of drug-likeness (QED) is 0.630. The van der Waals surface area contributed by atoms with Gasteiger partial charge in [0.2, 0.25) is 0 Å². The van der Waals surface area contributed by atoms with E-state index in [2.05, 4.69) is 9.97 Å².